The van der Waals surface area contributed by atoms with Crippen molar-refractivity contribution in [2.24, 2.45) is 34.5 Å². The number of fused-ring (bicyclic) bond motifs is 3. The van der Waals surface area contributed by atoms with Gasteiger partial charge in [0.05, 0.1) is 25.2 Å². The van der Waals surface area contributed by atoms with E-state index in [0.29, 0.717) is 24.2 Å². The minimum atomic E-state index is -1.90. The number of aliphatic hydroxyl groups excluding tert-OH is 9. The molecule has 6 fully saturated rings. The molecule has 15 unspecified atom stereocenters. The largest absolute Gasteiger partial charge is 0.432 e. The Kier molecular flexibility index (Phi) is 12.7. The van der Waals surface area contributed by atoms with Crippen molar-refractivity contribution >= 4 is 5.97 Å². The second-order valence-electron chi connectivity index (χ2n) is 16.7. The fourth-order valence-corrected chi connectivity index (χ4v) is 10.6. The topological polar surface area (TPSA) is 255 Å². The molecule has 0 amide bonds. The van der Waals surface area contributed by atoms with Crippen molar-refractivity contribution in [2.75, 3.05) is 19.8 Å². The Balaban J connectivity index is 1.30. The maximum Gasteiger partial charge on any atom is 0.314 e. The van der Waals surface area contributed by atoms with E-state index >= 15 is 0 Å². The van der Waals surface area contributed by atoms with Crippen LogP contribution < -0.4 is 0 Å². The Hall–Kier alpha value is -1.35. The monoisotopic (exact) mass is 760 g/mol. The molecular weight excluding hydrogens is 700 g/mol. The van der Waals surface area contributed by atoms with E-state index in [2.05, 4.69) is 20.4 Å². The molecule has 3 saturated heterocycles. The van der Waals surface area contributed by atoms with Gasteiger partial charge >= 0.3 is 5.97 Å². The van der Waals surface area contributed by atoms with E-state index in [9.17, 15) is 50.8 Å². The molecule has 0 spiro atoms. The molecule has 16 nitrogen and oxygen atoms in total. The molecule has 0 aromatic rings. The van der Waals surface area contributed by atoms with Gasteiger partial charge in [0.15, 0.2) is 18.7 Å². The first-order valence-corrected chi connectivity index (χ1v) is 19.2. The van der Waals surface area contributed by atoms with Crippen LogP contribution in [-0.4, -0.2) is 158 Å². The SMILES string of the molecule is C=C1CC2CC[C@H]3[C@@](C)(CCC[C@@]3(C)C(=O)OC3OC(CO)C(O)C(OC4OC(CO)C(O)C(O)C4O)C3OC3OCC(O)C(O)C3O)[C@@H]2C[C@@H]1CC. The van der Waals surface area contributed by atoms with Crippen molar-refractivity contribution in [1.29, 1.82) is 0 Å². The smallest absolute Gasteiger partial charge is 0.314 e. The minimum absolute atomic E-state index is 0.0372. The van der Waals surface area contributed by atoms with Crippen LogP contribution in [0.15, 0.2) is 12.2 Å². The summed E-state index contributed by atoms with van der Waals surface area (Å²) in [7, 11) is 0. The van der Waals surface area contributed by atoms with Gasteiger partial charge in [-0.25, -0.2) is 0 Å². The molecule has 3 aliphatic carbocycles. The number of allylic oxidation sites excluding steroid dienone is 1. The number of esters is 1. The minimum Gasteiger partial charge on any atom is -0.432 e. The van der Waals surface area contributed by atoms with Crippen LogP contribution in [0.3, 0.4) is 0 Å². The van der Waals surface area contributed by atoms with Gasteiger partial charge in [-0.05, 0) is 81.0 Å². The van der Waals surface area contributed by atoms with Crippen molar-refractivity contribution in [2.45, 2.75) is 158 Å². The van der Waals surface area contributed by atoms with Crippen LogP contribution in [0.5, 0.6) is 0 Å². The molecule has 53 heavy (non-hydrogen) atoms. The summed E-state index contributed by atoms with van der Waals surface area (Å²) >= 11 is 0. The zero-order valence-electron chi connectivity index (χ0n) is 30.8. The number of hydrogen-bond donors (Lipinski definition) is 9. The summed E-state index contributed by atoms with van der Waals surface area (Å²) in [5.74, 6) is 0.693. The predicted molar refractivity (Wildman–Crippen MR) is 181 cm³/mol. The van der Waals surface area contributed by atoms with Crippen LogP contribution in [-0.2, 0) is 33.2 Å². The Labute approximate surface area is 309 Å². The summed E-state index contributed by atoms with van der Waals surface area (Å²) < 4.78 is 35.2. The fraction of sp³-hybridized carbons (Fsp3) is 0.919. The van der Waals surface area contributed by atoms with Crippen molar-refractivity contribution in [3.05, 3.63) is 12.2 Å². The molecule has 3 heterocycles. The average molecular weight is 761 g/mol. The Bertz CT molecular complexity index is 1290. The summed E-state index contributed by atoms with van der Waals surface area (Å²) in [6.07, 6.45) is -16.5. The van der Waals surface area contributed by atoms with Crippen LogP contribution in [0.4, 0.5) is 0 Å². The number of aliphatic hydroxyl groups is 9. The van der Waals surface area contributed by atoms with Gasteiger partial charge in [-0.2, -0.15) is 0 Å². The van der Waals surface area contributed by atoms with Gasteiger partial charge in [0.1, 0.15) is 61.0 Å². The number of carbonyl (C=O) groups is 1. The predicted octanol–water partition coefficient (Wildman–Crippen LogP) is -1.17. The van der Waals surface area contributed by atoms with Crippen molar-refractivity contribution < 1.29 is 79.2 Å². The molecule has 6 aliphatic rings. The molecule has 304 valence electrons. The van der Waals surface area contributed by atoms with Gasteiger partial charge in [0, 0.05) is 0 Å². The normalized spacial score (nSPS) is 52.0. The molecule has 9 N–H and O–H groups in total. The summed E-state index contributed by atoms with van der Waals surface area (Å²) in [5.41, 5.74) is 0.188. The van der Waals surface area contributed by atoms with Gasteiger partial charge in [-0.15, -0.1) is 0 Å². The number of carbonyl (C=O) groups excluding carboxylic acids is 1. The van der Waals surface area contributed by atoms with E-state index in [1.54, 1.807) is 0 Å². The number of rotatable bonds is 9. The van der Waals surface area contributed by atoms with E-state index in [4.69, 9.17) is 28.4 Å². The fourth-order valence-electron chi connectivity index (χ4n) is 10.6. The second kappa shape index (κ2) is 16.3. The standard InChI is InChI=1S/C37H60O16/c1-5-17-12-19-18(11-16(17)2)7-8-23-36(19,3)9-6-10-37(23,4)35(47)53-34-31(52-32-28(45)24(41)20(40)15-48-32)30(26(43)22(14-39)50-34)51-33-29(46)27(44)25(42)21(13-38)49-33/h17-34,38-46H,2,5-15H2,1,3-4H3/t17-,18?,19+,20?,21?,22?,23-,24?,25?,26?,27?,28?,29?,30?,31?,32?,33?,34?,36-,37+/m0/s1. The molecule has 0 bridgehead atoms. The highest BCUT2D eigenvalue weighted by atomic mass is 16.8. The van der Waals surface area contributed by atoms with Crippen LogP contribution in [0.1, 0.15) is 72.1 Å². The van der Waals surface area contributed by atoms with E-state index < -0.39 is 117 Å². The van der Waals surface area contributed by atoms with Crippen molar-refractivity contribution in [3.8, 4) is 0 Å². The quantitative estimate of drug-likeness (QED) is 0.0992. The van der Waals surface area contributed by atoms with Gasteiger partial charge < -0.3 is 74.4 Å². The van der Waals surface area contributed by atoms with E-state index in [1.165, 1.54) is 5.57 Å². The van der Waals surface area contributed by atoms with Gasteiger partial charge in [0.2, 0.25) is 6.29 Å². The molecule has 0 aromatic carbocycles. The highest BCUT2D eigenvalue weighted by Gasteiger charge is 2.61. The van der Waals surface area contributed by atoms with Crippen LogP contribution in [0.2, 0.25) is 0 Å². The molecule has 3 aliphatic heterocycles. The summed E-state index contributed by atoms with van der Waals surface area (Å²) in [5, 5.41) is 94.3. The molecule has 0 radical (unpaired) electrons. The maximum absolute atomic E-state index is 14.7. The molecule has 3 saturated carbocycles. The van der Waals surface area contributed by atoms with Crippen molar-refractivity contribution in [1.82, 2.24) is 0 Å². The van der Waals surface area contributed by atoms with Crippen molar-refractivity contribution in [3.63, 3.8) is 0 Å². The Morgan fingerprint density at radius 2 is 1.45 bits per heavy atom. The molecular formula is C37H60O16. The third-order valence-corrected chi connectivity index (χ3v) is 13.7. The van der Waals surface area contributed by atoms with Gasteiger partial charge in [-0.3, -0.25) is 4.79 Å². The van der Waals surface area contributed by atoms with Crippen LogP contribution in [0, 0.1) is 34.5 Å². The van der Waals surface area contributed by atoms with Gasteiger partial charge in [-0.1, -0.05) is 32.4 Å². The lowest BCUT2D eigenvalue weighted by Crippen LogP contribution is -2.67. The number of ether oxygens (including phenoxy) is 6. The third kappa shape index (κ3) is 7.47. The highest BCUT2D eigenvalue weighted by Crippen LogP contribution is 2.65. The summed E-state index contributed by atoms with van der Waals surface area (Å²) in [6.45, 7) is 8.79. The molecule has 6 rings (SSSR count). The molecule has 16 heteroatoms. The van der Waals surface area contributed by atoms with E-state index in [-0.39, 0.29) is 11.3 Å². The Morgan fingerprint density at radius 1 is 0.811 bits per heavy atom. The first-order chi connectivity index (χ1) is 25.1. The lowest BCUT2D eigenvalue weighted by atomic mass is 9.43. The summed E-state index contributed by atoms with van der Waals surface area (Å²) in [4.78, 5) is 14.7. The van der Waals surface area contributed by atoms with E-state index in [1.807, 2.05) is 6.92 Å². The first kappa shape index (κ1) is 41.3. The van der Waals surface area contributed by atoms with Crippen LogP contribution in [0.25, 0.3) is 0 Å². The van der Waals surface area contributed by atoms with E-state index in [0.717, 1.165) is 44.9 Å². The highest BCUT2D eigenvalue weighted by molar-refractivity contribution is 5.77. The lowest BCUT2D eigenvalue weighted by molar-refractivity contribution is -0.383. The Morgan fingerprint density at radius 3 is 2.13 bits per heavy atom. The third-order valence-electron chi connectivity index (χ3n) is 13.7. The zero-order valence-corrected chi connectivity index (χ0v) is 30.8. The zero-order chi connectivity index (χ0) is 38.6. The lowest BCUT2D eigenvalue weighted by Gasteiger charge is -2.61. The average Bonchev–Trinajstić information content (AvgIpc) is 3.13. The molecule has 0 aromatic heterocycles. The van der Waals surface area contributed by atoms with Crippen LogP contribution >= 0.6 is 0 Å². The summed E-state index contributed by atoms with van der Waals surface area (Å²) in [6, 6.07) is 0. The maximum atomic E-state index is 14.7. The van der Waals surface area contributed by atoms with Gasteiger partial charge in [0.25, 0.3) is 0 Å². The second-order valence-corrected chi connectivity index (χ2v) is 16.7. The molecule has 20 atom stereocenters. The first-order valence-electron chi connectivity index (χ1n) is 19.2. The number of hydrogen-bond acceptors (Lipinski definition) is 16.